The van der Waals surface area contributed by atoms with Crippen molar-refractivity contribution in [2.45, 2.75) is 38.3 Å². The molecule has 6 nitrogen and oxygen atoms in total. The molecule has 2 amide bonds. The molecule has 5 rings (SSSR count). The first-order valence-electron chi connectivity index (χ1n) is 12.0. The van der Waals surface area contributed by atoms with Crippen LogP contribution < -0.4 is 9.47 Å². The van der Waals surface area contributed by atoms with Crippen molar-refractivity contribution in [2.24, 2.45) is 0 Å². The molecule has 35 heavy (non-hydrogen) atoms. The molecule has 1 aromatic heterocycles. The van der Waals surface area contributed by atoms with Gasteiger partial charge in [0.05, 0.1) is 13.2 Å². The van der Waals surface area contributed by atoms with E-state index in [9.17, 15) is 9.59 Å². The number of hydrogen-bond donors (Lipinski definition) is 0. The number of thiophene rings is 1. The summed E-state index contributed by atoms with van der Waals surface area (Å²) >= 11 is 1.73. The van der Waals surface area contributed by atoms with Gasteiger partial charge in [0.15, 0.2) is 0 Å². The highest BCUT2D eigenvalue weighted by Gasteiger charge is 2.38. The monoisotopic (exact) mass is 490 g/mol. The van der Waals surface area contributed by atoms with Crippen molar-refractivity contribution in [3.8, 4) is 11.5 Å². The fourth-order valence-electron chi connectivity index (χ4n) is 4.67. The number of ether oxygens (including phenoxy) is 2. The third kappa shape index (κ3) is 5.05. The molecule has 0 unspecified atom stereocenters. The molecule has 1 saturated carbocycles. The van der Waals surface area contributed by atoms with Gasteiger partial charge in [0, 0.05) is 23.0 Å². The van der Waals surface area contributed by atoms with E-state index in [1.165, 1.54) is 4.88 Å². The van der Waals surface area contributed by atoms with E-state index in [4.69, 9.17) is 9.47 Å². The third-order valence-electron chi connectivity index (χ3n) is 6.78. The van der Waals surface area contributed by atoms with E-state index >= 15 is 0 Å². The van der Waals surface area contributed by atoms with E-state index in [1.807, 2.05) is 42.2 Å². The average molecular weight is 491 g/mol. The lowest BCUT2D eigenvalue weighted by atomic mass is 10.00. The van der Waals surface area contributed by atoms with Crippen LogP contribution in [-0.2, 0) is 11.2 Å². The molecule has 0 radical (unpaired) electrons. The Kier molecular flexibility index (Phi) is 6.77. The van der Waals surface area contributed by atoms with Crippen LogP contribution in [0.25, 0.3) is 0 Å². The second-order valence-corrected chi connectivity index (χ2v) is 10.1. The van der Waals surface area contributed by atoms with E-state index in [1.54, 1.807) is 41.5 Å². The van der Waals surface area contributed by atoms with Gasteiger partial charge >= 0.3 is 0 Å². The minimum absolute atomic E-state index is 0.0385. The number of aryl methyl sites for hydroxylation is 1. The molecule has 0 spiro atoms. The first-order chi connectivity index (χ1) is 17.0. The van der Waals surface area contributed by atoms with Crippen LogP contribution in [0.15, 0.2) is 60.0 Å². The van der Waals surface area contributed by atoms with Gasteiger partial charge < -0.3 is 19.3 Å². The van der Waals surface area contributed by atoms with Crippen LogP contribution in [0.5, 0.6) is 11.5 Å². The maximum Gasteiger partial charge on any atom is 0.254 e. The molecule has 1 aliphatic carbocycles. The summed E-state index contributed by atoms with van der Waals surface area (Å²) in [5.41, 5.74) is 2.76. The second kappa shape index (κ2) is 10.1. The first-order valence-corrected chi connectivity index (χ1v) is 12.9. The van der Waals surface area contributed by atoms with Crippen LogP contribution in [0.1, 0.15) is 45.2 Å². The summed E-state index contributed by atoms with van der Waals surface area (Å²) in [7, 11) is 1.58. The molecule has 3 aromatic rings. The zero-order valence-corrected chi connectivity index (χ0v) is 20.9. The predicted octanol–water partition coefficient (Wildman–Crippen LogP) is 4.87. The Bertz CT molecular complexity index is 1220. The molecule has 2 aliphatic rings. The Morgan fingerprint density at radius 1 is 1.11 bits per heavy atom. The van der Waals surface area contributed by atoms with Crippen molar-refractivity contribution in [2.75, 3.05) is 26.8 Å². The zero-order valence-electron chi connectivity index (χ0n) is 20.1. The van der Waals surface area contributed by atoms with Gasteiger partial charge in [-0.1, -0.05) is 24.3 Å². The van der Waals surface area contributed by atoms with Crippen LogP contribution in [0, 0.1) is 6.92 Å². The number of nitrogens with zero attached hydrogens (tertiary/aromatic N) is 2. The number of hydrogen-bond acceptors (Lipinski definition) is 5. The fourth-order valence-corrected chi connectivity index (χ4v) is 5.60. The Hall–Kier alpha value is -3.32. The van der Waals surface area contributed by atoms with Crippen molar-refractivity contribution in [3.05, 3.63) is 81.5 Å². The fraction of sp³-hybridized carbons (Fsp3) is 0.357. The van der Waals surface area contributed by atoms with Crippen LogP contribution in [0.4, 0.5) is 0 Å². The summed E-state index contributed by atoms with van der Waals surface area (Å²) in [4.78, 5) is 32.0. The van der Waals surface area contributed by atoms with Gasteiger partial charge in [-0.15, -0.1) is 11.3 Å². The Morgan fingerprint density at radius 3 is 2.71 bits per heavy atom. The minimum Gasteiger partial charge on any atom is -0.497 e. The molecule has 0 saturated heterocycles. The van der Waals surface area contributed by atoms with Gasteiger partial charge in [0.2, 0.25) is 5.91 Å². The van der Waals surface area contributed by atoms with Gasteiger partial charge in [-0.2, -0.15) is 0 Å². The molecule has 0 bridgehead atoms. The lowest BCUT2D eigenvalue weighted by Gasteiger charge is -2.37. The van der Waals surface area contributed by atoms with Gasteiger partial charge in [0.25, 0.3) is 5.91 Å². The second-order valence-electron chi connectivity index (χ2n) is 9.12. The highest BCUT2D eigenvalue weighted by molar-refractivity contribution is 7.10. The molecule has 1 aliphatic heterocycles. The molecule has 1 fully saturated rings. The summed E-state index contributed by atoms with van der Waals surface area (Å²) in [6.45, 7) is 3.10. The van der Waals surface area contributed by atoms with Crippen molar-refractivity contribution in [1.29, 1.82) is 0 Å². The number of methoxy groups -OCH3 is 1. The van der Waals surface area contributed by atoms with E-state index in [0.717, 1.165) is 36.1 Å². The van der Waals surface area contributed by atoms with Gasteiger partial charge in [-0.3, -0.25) is 9.59 Å². The summed E-state index contributed by atoms with van der Waals surface area (Å²) in [5, 5.41) is 2.09. The quantitative estimate of drug-likeness (QED) is 0.452. The average Bonchev–Trinajstić information content (AvgIpc) is 3.61. The highest BCUT2D eigenvalue weighted by atomic mass is 32.1. The zero-order chi connectivity index (χ0) is 24.4. The van der Waals surface area contributed by atoms with Crippen LogP contribution in [0.3, 0.4) is 0 Å². The van der Waals surface area contributed by atoms with Crippen molar-refractivity contribution in [3.63, 3.8) is 0 Å². The minimum atomic E-state index is -0.176. The number of carbonyl (C=O) groups excluding carboxylic acids is 2. The standard InChI is InChI=1S/C28H30N2O4S/c1-19-6-3-4-9-25(19)34-18-24-23-13-15-35-26(23)12-14-29(24)27(31)17-30(21-10-11-21)28(32)20-7-5-8-22(16-20)33-2/h3-9,13,15-16,21,24H,10-12,14,17-18H2,1-2H3/t24-/m1/s1. The molecule has 1 atom stereocenters. The van der Waals surface area contributed by atoms with Crippen molar-refractivity contribution < 1.29 is 19.1 Å². The van der Waals surface area contributed by atoms with Crippen LogP contribution >= 0.6 is 11.3 Å². The van der Waals surface area contributed by atoms with Gasteiger partial charge in [-0.05, 0) is 73.0 Å². The number of carbonyl (C=O) groups is 2. The largest absolute Gasteiger partial charge is 0.497 e. The lowest BCUT2D eigenvalue weighted by Crippen LogP contribution is -2.48. The molecule has 7 heteroatoms. The molecule has 2 aromatic carbocycles. The number of amides is 2. The Morgan fingerprint density at radius 2 is 1.94 bits per heavy atom. The third-order valence-corrected chi connectivity index (χ3v) is 7.77. The highest BCUT2D eigenvalue weighted by Crippen LogP contribution is 2.35. The van der Waals surface area contributed by atoms with Gasteiger partial charge in [0.1, 0.15) is 24.7 Å². The van der Waals surface area contributed by atoms with E-state index < -0.39 is 0 Å². The van der Waals surface area contributed by atoms with E-state index in [0.29, 0.717) is 24.5 Å². The lowest BCUT2D eigenvalue weighted by molar-refractivity contribution is -0.135. The number of fused-ring (bicyclic) bond motifs is 1. The van der Waals surface area contributed by atoms with E-state index in [2.05, 4.69) is 11.4 Å². The predicted molar refractivity (Wildman–Crippen MR) is 136 cm³/mol. The molecule has 182 valence electrons. The molecule has 0 N–H and O–H groups in total. The molecular weight excluding hydrogens is 460 g/mol. The summed E-state index contributed by atoms with van der Waals surface area (Å²) < 4.78 is 11.5. The SMILES string of the molecule is COc1cccc(C(=O)N(CC(=O)N2CCc3sccc3[C@H]2COc2ccccc2C)C2CC2)c1. The maximum absolute atomic E-state index is 13.7. The number of benzene rings is 2. The maximum atomic E-state index is 13.7. The molecular formula is C28H30N2O4S. The first kappa shape index (κ1) is 23.4. The summed E-state index contributed by atoms with van der Waals surface area (Å²) in [5.74, 6) is 1.30. The number of rotatable bonds is 8. The van der Waals surface area contributed by atoms with Gasteiger partial charge in [-0.25, -0.2) is 0 Å². The van der Waals surface area contributed by atoms with Crippen LogP contribution in [-0.4, -0.2) is 54.5 Å². The molecule has 2 heterocycles. The smallest absolute Gasteiger partial charge is 0.254 e. The Balaban J connectivity index is 1.35. The topological polar surface area (TPSA) is 59.1 Å². The van der Waals surface area contributed by atoms with E-state index in [-0.39, 0.29) is 30.4 Å². The van der Waals surface area contributed by atoms with Crippen molar-refractivity contribution in [1.82, 2.24) is 9.80 Å². The number of para-hydroxylation sites is 1. The van der Waals surface area contributed by atoms with Crippen molar-refractivity contribution >= 4 is 23.2 Å². The normalized spacial score (nSPS) is 17.0. The van der Waals surface area contributed by atoms with Crippen LogP contribution in [0.2, 0.25) is 0 Å². The Labute approximate surface area is 210 Å². The summed E-state index contributed by atoms with van der Waals surface area (Å²) in [6.07, 6.45) is 2.68. The summed E-state index contributed by atoms with van der Waals surface area (Å²) in [6, 6.07) is 17.1.